The second-order valence-electron chi connectivity index (χ2n) is 5.37. The van der Waals surface area contributed by atoms with Crippen LogP contribution < -0.4 is 9.47 Å². The number of benzene rings is 2. The monoisotopic (exact) mass is 455 g/mol. The molecule has 0 amide bonds. The van der Waals surface area contributed by atoms with Gasteiger partial charge in [0.1, 0.15) is 11.5 Å². The van der Waals surface area contributed by atoms with E-state index >= 15 is 0 Å². The zero-order valence-corrected chi connectivity index (χ0v) is 16.9. The van der Waals surface area contributed by atoms with Crippen molar-refractivity contribution in [3.8, 4) is 17.2 Å². The predicted molar refractivity (Wildman–Crippen MR) is 103 cm³/mol. The van der Waals surface area contributed by atoms with E-state index in [-0.39, 0.29) is 0 Å². The lowest BCUT2D eigenvalue weighted by Crippen LogP contribution is -1.98. The fraction of sp³-hybridized carbons (Fsp3) is 0.278. The third kappa shape index (κ3) is 4.30. The van der Waals surface area contributed by atoms with Crippen LogP contribution in [0.3, 0.4) is 0 Å². The van der Waals surface area contributed by atoms with Crippen molar-refractivity contribution >= 4 is 38.1 Å². The van der Waals surface area contributed by atoms with E-state index in [1.54, 1.807) is 7.11 Å². The second kappa shape index (κ2) is 8.53. The summed E-state index contributed by atoms with van der Waals surface area (Å²) in [6, 6.07) is 9.45. The Balaban J connectivity index is 2.38. The molecule has 24 heavy (non-hydrogen) atoms. The van der Waals surface area contributed by atoms with E-state index < -0.39 is 0 Å². The molecule has 0 radical (unpaired) electrons. The summed E-state index contributed by atoms with van der Waals surface area (Å²) in [6.45, 7) is 4.31. The van der Waals surface area contributed by atoms with Crippen molar-refractivity contribution in [1.82, 2.24) is 0 Å². The van der Waals surface area contributed by atoms with Gasteiger partial charge in [0, 0.05) is 5.56 Å². The summed E-state index contributed by atoms with van der Waals surface area (Å²) in [5.41, 5.74) is 1.87. The average Bonchev–Trinajstić information content (AvgIpc) is 2.57. The molecule has 2 aromatic rings. The summed E-state index contributed by atoms with van der Waals surface area (Å²) in [6.07, 6.45) is 2.37. The predicted octanol–water partition coefficient (Wildman–Crippen LogP) is 6.33. The van der Waals surface area contributed by atoms with Crippen molar-refractivity contribution in [3.63, 3.8) is 0 Å². The lowest BCUT2D eigenvalue weighted by molar-refractivity contribution is 0.322. The van der Waals surface area contributed by atoms with Gasteiger partial charge in [0.15, 0.2) is 5.75 Å². The minimum atomic E-state index is 0.374. The van der Waals surface area contributed by atoms with Crippen molar-refractivity contribution in [2.75, 3.05) is 7.11 Å². The van der Waals surface area contributed by atoms with E-state index in [0.717, 1.165) is 38.0 Å². The van der Waals surface area contributed by atoms with Gasteiger partial charge in [-0.05, 0) is 80.1 Å². The van der Waals surface area contributed by atoms with Gasteiger partial charge >= 0.3 is 0 Å². The normalized spacial score (nSPS) is 12.4. The molecule has 1 N–H and O–H groups in total. The van der Waals surface area contributed by atoms with Crippen LogP contribution in [0.25, 0.3) is 0 Å². The Hall–Kier alpha value is -1.53. The van der Waals surface area contributed by atoms with Crippen molar-refractivity contribution in [1.29, 1.82) is 0 Å². The number of nitrogens with zero attached hydrogens (tertiary/aromatic N) is 1. The van der Waals surface area contributed by atoms with Crippen molar-refractivity contribution < 1.29 is 14.7 Å². The number of halogens is 2. The Kier molecular flexibility index (Phi) is 6.69. The molecule has 0 saturated heterocycles. The molecule has 0 heterocycles. The molecule has 1 atom stereocenters. The Morgan fingerprint density at radius 1 is 1.21 bits per heavy atom. The first-order valence-corrected chi connectivity index (χ1v) is 9.11. The molecule has 4 nitrogen and oxygen atoms in total. The Morgan fingerprint density at radius 3 is 2.42 bits per heavy atom. The molecular weight excluding hydrogens is 438 g/mol. The summed E-state index contributed by atoms with van der Waals surface area (Å²) in [4.78, 5) is 0. The average molecular weight is 457 g/mol. The molecule has 0 aliphatic carbocycles. The topological polar surface area (TPSA) is 51.0 Å². The first-order valence-electron chi connectivity index (χ1n) is 7.52. The van der Waals surface area contributed by atoms with Gasteiger partial charge in [0.2, 0.25) is 0 Å². The first kappa shape index (κ1) is 18.8. The number of oxime groups is 1. The van der Waals surface area contributed by atoms with Crippen LogP contribution in [0, 0.1) is 0 Å². The van der Waals surface area contributed by atoms with Crippen LogP contribution in [0.15, 0.2) is 44.4 Å². The van der Waals surface area contributed by atoms with E-state index in [9.17, 15) is 0 Å². The quantitative estimate of drug-likeness (QED) is 0.313. The van der Waals surface area contributed by atoms with Crippen LogP contribution in [0.5, 0.6) is 17.2 Å². The minimum absolute atomic E-state index is 0.374. The SMILES string of the molecule is CCC(C)c1cc(Oc2c(Br)cc(/C=N/O)cc2Br)ccc1OC. The maximum absolute atomic E-state index is 8.66. The van der Waals surface area contributed by atoms with E-state index in [1.165, 1.54) is 6.21 Å². The number of methoxy groups -OCH3 is 1. The summed E-state index contributed by atoms with van der Waals surface area (Å²) >= 11 is 6.98. The number of hydrogen-bond donors (Lipinski definition) is 1. The molecule has 0 spiro atoms. The maximum atomic E-state index is 8.66. The lowest BCUT2D eigenvalue weighted by atomic mass is 9.97. The van der Waals surface area contributed by atoms with E-state index in [1.807, 2.05) is 30.3 Å². The van der Waals surface area contributed by atoms with Crippen molar-refractivity contribution in [2.45, 2.75) is 26.2 Å². The van der Waals surface area contributed by atoms with Crippen molar-refractivity contribution in [3.05, 3.63) is 50.4 Å². The van der Waals surface area contributed by atoms with E-state index in [4.69, 9.17) is 14.7 Å². The van der Waals surface area contributed by atoms with E-state index in [2.05, 4.69) is 50.9 Å². The molecule has 6 heteroatoms. The minimum Gasteiger partial charge on any atom is -0.496 e. The lowest BCUT2D eigenvalue weighted by Gasteiger charge is -2.17. The summed E-state index contributed by atoms with van der Waals surface area (Å²) in [7, 11) is 1.68. The fourth-order valence-corrected chi connectivity index (χ4v) is 3.70. The Labute approximate surface area is 158 Å². The molecule has 128 valence electrons. The number of ether oxygens (including phenoxy) is 2. The van der Waals surface area contributed by atoms with Gasteiger partial charge in [-0.15, -0.1) is 0 Å². The summed E-state index contributed by atoms with van der Waals surface area (Å²) in [5.74, 6) is 2.63. The molecule has 0 bridgehead atoms. The Bertz CT molecular complexity index is 724. The Morgan fingerprint density at radius 2 is 1.88 bits per heavy atom. The van der Waals surface area contributed by atoms with Gasteiger partial charge in [-0.3, -0.25) is 0 Å². The molecule has 0 aromatic heterocycles. The van der Waals surface area contributed by atoms with Crippen LogP contribution >= 0.6 is 31.9 Å². The van der Waals surface area contributed by atoms with E-state index in [0.29, 0.717) is 11.7 Å². The number of rotatable bonds is 6. The van der Waals surface area contributed by atoms with Crippen LogP contribution in [0.4, 0.5) is 0 Å². The molecule has 2 aromatic carbocycles. The molecular formula is C18H19Br2NO3. The van der Waals surface area contributed by atoms with Gasteiger partial charge < -0.3 is 14.7 Å². The largest absolute Gasteiger partial charge is 0.496 e. The highest BCUT2D eigenvalue weighted by Crippen LogP contribution is 2.39. The standard InChI is InChI=1S/C18H19Br2NO3/c1-4-11(2)14-9-13(5-6-17(14)23-3)24-18-15(19)7-12(10-21-22)8-16(18)20/h5-11,22H,4H2,1-3H3/b21-10+. The van der Waals surface area contributed by atoms with Gasteiger partial charge in [-0.25, -0.2) is 0 Å². The van der Waals surface area contributed by atoms with Crippen LogP contribution in [0.1, 0.15) is 37.3 Å². The molecule has 0 aliphatic rings. The molecule has 2 rings (SSSR count). The summed E-state index contributed by atoms with van der Waals surface area (Å²) in [5, 5.41) is 11.7. The first-order chi connectivity index (χ1) is 11.5. The molecule has 0 aliphatic heterocycles. The highest BCUT2D eigenvalue weighted by atomic mass is 79.9. The molecule has 1 unspecified atom stereocenters. The van der Waals surface area contributed by atoms with Gasteiger partial charge in [0.05, 0.1) is 22.3 Å². The third-order valence-corrected chi connectivity index (χ3v) is 4.97. The molecule has 0 saturated carbocycles. The van der Waals surface area contributed by atoms with Crippen LogP contribution in [0.2, 0.25) is 0 Å². The highest BCUT2D eigenvalue weighted by molar-refractivity contribution is 9.11. The van der Waals surface area contributed by atoms with Crippen molar-refractivity contribution in [2.24, 2.45) is 5.16 Å². The summed E-state index contributed by atoms with van der Waals surface area (Å²) < 4.78 is 13.0. The molecule has 0 fully saturated rings. The smallest absolute Gasteiger partial charge is 0.155 e. The van der Waals surface area contributed by atoms with Gasteiger partial charge in [0.25, 0.3) is 0 Å². The zero-order chi connectivity index (χ0) is 17.7. The third-order valence-electron chi connectivity index (χ3n) is 3.79. The van der Waals surface area contributed by atoms with Crippen LogP contribution in [-0.4, -0.2) is 18.5 Å². The fourth-order valence-electron chi connectivity index (χ4n) is 2.32. The van der Waals surface area contributed by atoms with Gasteiger partial charge in [-0.2, -0.15) is 0 Å². The maximum Gasteiger partial charge on any atom is 0.155 e. The van der Waals surface area contributed by atoms with Gasteiger partial charge in [-0.1, -0.05) is 19.0 Å². The number of hydrogen-bond acceptors (Lipinski definition) is 4. The second-order valence-corrected chi connectivity index (χ2v) is 7.08. The van der Waals surface area contributed by atoms with Crippen LogP contribution in [-0.2, 0) is 0 Å². The zero-order valence-electron chi connectivity index (χ0n) is 13.7. The highest BCUT2D eigenvalue weighted by Gasteiger charge is 2.14.